The van der Waals surface area contributed by atoms with Crippen LogP contribution in [-0.4, -0.2) is 4.57 Å². The standard InChI is InChI=1S/C13H12BrNO/c1-10-4-3-7-15(13(10)16)9-11-5-2-6-12(14)8-11/h2-8H,9H2,1H3. The second kappa shape index (κ2) is 4.66. The summed E-state index contributed by atoms with van der Waals surface area (Å²) >= 11 is 3.42. The fraction of sp³-hybridized carbons (Fsp3) is 0.154. The molecule has 1 aromatic carbocycles. The van der Waals surface area contributed by atoms with Crippen LogP contribution < -0.4 is 5.56 Å². The Balaban J connectivity index is 2.34. The van der Waals surface area contributed by atoms with Gasteiger partial charge in [0.1, 0.15) is 0 Å². The average molecular weight is 278 g/mol. The number of rotatable bonds is 2. The summed E-state index contributed by atoms with van der Waals surface area (Å²) in [5.41, 5.74) is 1.96. The van der Waals surface area contributed by atoms with E-state index in [4.69, 9.17) is 0 Å². The van der Waals surface area contributed by atoms with Crippen molar-refractivity contribution in [3.63, 3.8) is 0 Å². The molecule has 0 aliphatic rings. The van der Waals surface area contributed by atoms with Gasteiger partial charge in [-0.05, 0) is 30.7 Å². The smallest absolute Gasteiger partial charge is 0.253 e. The SMILES string of the molecule is Cc1cccn(Cc2cccc(Br)c2)c1=O. The van der Waals surface area contributed by atoms with Crippen LogP contribution >= 0.6 is 15.9 Å². The van der Waals surface area contributed by atoms with E-state index in [-0.39, 0.29) is 5.56 Å². The molecule has 0 spiro atoms. The van der Waals surface area contributed by atoms with Crippen molar-refractivity contribution in [2.24, 2.45) is 0 Å². The molecule has 1 aromatic heterocycles. The van der Waals surface area contributed by atoms with Gasteiger partial charge in [-0.1, -0.05) is 34.1 Å². The number of halogens is 1. The number of pyridine rings is 1. The summed E-state index contributed by atoms with van der Waals surface area (Å²) in [6, 6.07) is 11.7. The molecule has 2 aromatic rings. The van der Waals surface area contributed by atoms with Crippen molar-refractivity contribution in [3.05, 3.63) is 68.5 Å². The lowest BCUT2D eigenvalue weighted by molar-refractivity contribution is 0.752. The molecule has 2 nitrogen and oxygen atoms in total. The lowest BCUT2D eigenvalue weighted by Crippen LogP contribution is -2.21. The molecule has 16 heavy (non-hydrogen) atoms. The highest BCUT2D eigenvalue weighted by molar-refractivity contribution is 9.10. The van der Waals surface area contributed by atoms with Gasteiger partial charge in [0.15, 0.2) is 0 Å². The first-order valence-electron chi connectivity index (χ1n) is 5.07. The average Bonchev–Trinajstić information content (AvgIpc) is 2.25. The fourth-order valence-corrected chi connectivity index (χ4v) is 2.06. The first-order valence-corrected chi connectivity index (χ1v) is 5.86. The Bertz CT molecular complexity index is 560. The topological polar surface area (TPSA) is 22.0 Å². The third-order valence-corrected chi connectivity index (χ3v) is 2.95. The normalized spacial score (nSPS) is 10.4. The van der Waals surface area contributed by atoms with E-state index in [1.807, 2.05) is 49.5 Å². The molecule has 0 radical (unpaired) electrons. The highest BCUT2D eigenvalue weighted by atomic mass is 79.9. The van der Waals surface area contributed by atoms with Crippen LogP contribution in [0, 0.1) is 6.92 Å². The van der Waals surface area contributed by atoms with Crippen LogP contribution in [0.4, 0.5) is 0 Å². The van der Waals surface area contributed by atoms with Gasteiger partial charge >= 0.3 is 0 Å². The molecule has 0 N–H and O–H groups in total. The summed E-state index contributed by atoms with van der Waals surface area (Å²) in [6.45, 7) is 2.44. The van der Waals surface area contributed by atoms with E-state index in [1.54, 1.807) is 4.57 Å². The largest absolute Gasteiger partial charge is 0.311 e. The van der Waals surface area contributed by atoms with Gasteiger partial charge in [-0.2, -0.15) is 0 Å². The molecule has 0 saturated heterocycles. The van der Waals surface area contributed by atoms with Gasteiger partial charge in [-0.15, -0.1) is 0 Å². The Morgan fingerprint density at radius 1 is 1.25 bits per heavy atom. The molecule has 0 aliphatic heterocycles. The van der Waals surface area contributed by atoms with Crippen LogP contribution in [0.2, 0.25) is 0 Å². The summed E-state index contributed by atoms with van der Waals surface area (Å²) in [4.78, 5) is 11.8. The van der Waals surface area contributed by atoms with E-state index in [0.29, 0.717) is 6.54 Å². The molecule has 0 saturated carbocycles. The quantitative estimate of drug-likeness (QED) is 0.827. The van der Waals surface area contributed by atoms with Crippen LogP contribution in [0.3, 0.4) is 0 Å². The molecular formula is C13H12BrNO. The highest BCUT2D eigenvalue weighted by Gasteiger charge is 2.00. The van der Waals surface area contributed by atoms with E-state index in [1.165, 1.54) is 0 Å². The Morgan fingerprint density at radius 2 is 2.06 bits per heavy atom. The second-order valence-corrected chi connectivity index (χ2v) is 4.67. The summed E-state index contributed by atoms with van der Waals surface area (Å²) in [5.74, 6) is 0. The zero-order valence-electron chi connectivity index (χ0n) is 8.98. The van der Waals surface area contributed by atoms with Crippen molar-refractivity contribution in [2.75, 3.05) is 0 Å². The molecule has 2 rings (SSSR count). The van der Waals surface area contributed by atoms with Crippen molar-refractivity contribution in [3.8, 4) is 0 Å². The predicted octanol–water partition coefficient (Wildman–Crippen LogP) is 2.97. The molecule has 0 atom stereocenters. The van der Waals surface area contributed by atoms with Gasteiger partial charge in [0, 0.05) is 16.2 Å². The summed E-state index contributed by atoms with van der Waals surface area (Å²) in [6.07, 6.45) is 1.82. The van der Waals surface area contributed by atoms with E-state index >= 15 is 0 Å². The van der Waals surface area contributed by atoms with Crippen molar-refractivity contribution in [1.29, 1.82) is 0 Å². The summed E-state index contributed by atoms with van der Waals surface area (Å²) < 4.78 is 2.75. The number of nitrogens with zero attached hydrogens (tertiary/aromatic N) is 1. The summed E-state index contributed by atoms with van der Waals surface area (Å²) in [5, 5.41) is 0. The maximum Gasteiger partial charge on any atom is 0.253 e. The number of aromatic nitrogens is 1. The van der Waals surface area contributed by atoms with Crippen molar-refractivity contribution in [1.82, 2.24) is 4.57 Å². The van der Waals surface area contributed by atoms with Crippen LogP contribution in [0.15, 0.2) is 51.9 Å². The van der Waals surface area contributed by atoms with E-state index in [9.17, 15) is 4.79 Å². The zero-order valence-corrected chi connectivity index (χ0v) is 10.6. The second-order valence-electron chi connectivity index (χ2n) is 3.75. The lowest BCUT2D eigenvalue weighted by atomic mass is 10.2. The van der Waals surface area contributed by atoms with E-state index < -0.39 is 0 Å². The van der Waals surface area contributed by atoms with Crippen LogP contribution in [-0.2, 0) is 6.54 Å². The number of hydrogen-bond acceptors (Lipinski definition) is 1. The van der Waals surface area contributed by atoms with Crippen molar-refractivity contribution >= 4 is 15.9 Å². The third-order valence-electron chi connectivity index (χ3n) is 2.45. The first kappa shape index (κ1) is 11.1. The molecule has 0 fully saturated rings. The van der Waals surface area contributed by atoms with Crippen molar-refractivity contribution in [2.45, 2.75) is 13.5 Å². The first-order chi connectivity index (χ1) is 7.66. The Labute approximate surface area is 103 Å². The number of aryl methyl sites for hydroxylation is 1. The van der Waals surface area contributed by atoms with Gasteiger partial charge in [0.25, 0.3) is 5.56 Å². The van der Waals surface area contributed by atoms with Crippen LogP contribution in [0.25, 0.3) is 0 Å². The number of benzene rings is 1. The van der Waals surface area contributed by atoms with Gasteiger partial charge in [0.2, 0.25) is 0 Å². The maximum absolute atomic E-state index is 11.8. The molecule has 3 heteroatoms. The van der Waals surface area contributed by atoms with Gasteiger partial charge < -0.3 is 4.57 Å². The monoisotopic (exact) mass is 277 g/mol. The van der Waals surface area contributed by atoms with E-state index in [0.717, 1.165) is 15.6 Å². The Hall–Kier alpha value is -1.35. The van der Waals surface area contributed by atoms with Crippen molar-refractivity contribution < 1.29 is 0 Å². The fourth-order valence-electron chi connectivity index (χ4n) is 1.61. The van der Waals surface area contributed by atoms with E-state index in [2.05, 4.69) is 15.9 Å². The predicted molar refractivity (Wildman–Crippen MR) is 68.7 cm³/mol. The van der Waals surface area contributed by atoms with Gasteiger partial charge in [-0.3, -0.25) is 4.79 Å². The minimum Gasteiger partial charge on any atom is -0.311 e. The molecule has 0 bridgehead atoms. The summed E-state index contributed by atoms with van der Waals surface area (Å²) in [7, 11) is 0. The Kier molecular flexibility index (Phi) is 3.25. The third kappa shape index (κ3) is 2.42. The molecule has 0 unspecified atom stereocenters. The molecule has 0 amide bonds. The zero-order chi connectivity index (χ0) is 11.5. The van der Waals surface area contributed by atoms with Gasteiger partial charge in [0.05, 0.1) is 6.54 Å². The minimum atomic E-state index is 0.0717. The molecular weight excluding hydrogens is 266 g/mol. The number of hydrogen-bond donors (Lipinski definition) is 0. The molecule has 82 valence electrons. The maximum atomic E-state index is 11.8. The van der Waals surface area contributed by atoms with Gasteiger partial charge in [-0.25, -0.2) is 0 Å². The minimum absolute atomic E-state index is 0.0717. The van der Waals surface area contributed by atoms with Crippen LogP contribution in [0.5, 0.6) is 0 Å². The lowest BCUT2D eigenvalue weighted by Gasteiger charge is -2.06. The molecule has 0 aliphatic carbocycles. The highest BCUT2D eigenvalue weighted by Crippen LogP contribution is 2.12. The Morgan fingerprint density at radius 3 is 2.81 bits per heavy atom. The molecule has 1 heterocycles. The van der Waals surface area contributed by atoms with Crippen LogP contribution in [0.1, 0.15) is 11.1 Å².